The molecule has 7 heteroatoms. The summed E-state index contributed by atoms with van der Waals surface area (Å²) in [6, 6.07) is 9.44. The Balaban J connectivity index is 1.99. The van der Waals surface area contributed by atoms with Crippen molar-refractivity contribution in [2.24, 2.45) is 0 Å². The average Bonchev–Trinajstić information content (AvgIpc) is 2.48. The van der Waals surface area contributed by atoms with Crippen molar-refractivity contribution in [2.45, 2.75) is 6.61 Å². The molecule has 0 unspecified atom stereocenters. The minimum Gasteiger partial charge on any atom is -0.444 e. The van der Waals surface area contributed by atoms with Crippen molar-refractivity contribution >= 4 is 46.1 Å². The van der Waals surface area contributed by atoms with Crippen molar-refractivity contribution in [1.29, 1.82) is 0 Å². The molecule has 0 radical (unpaired) electrons. The van der Waals surface area contributed by atoms with Gasteiger partial charge in [0.2, 0.25) is 0 Å². The molecule has 1 amide bonds. The van der Waals surface area contributed by atoms with Gasteiger partial charge < -0.3 is 4.74 Å². The lowest BCUT2D eigenvalue weighted by atomic mass is 10.2. The van der Waals surface area contributed by atoms with Gasteiger partial charge in [-0.2, -0.15) is 0 Å². The van der Waals surface area contributed by atoms with Gasteiger partial charge in [0.05, 0.1) is 6.20 Å². The van der Waals surface area contributed by atoms with Gasteiger partial charge in [-0.05, 0) is 28.2 Å². The maximum absolute atomic E-state index is 11.9. The van der Waals surface area contributed by atoms with E-state index in [4.69, 9.17) is 16.3 Å². The van der Waals surface area contributed by atoms with Crippen LogP contribution >= 0.6 is 34.2 Å². The predicted molar refractivity (Wildman–Crippen MR) is 84.8 cm³/mol. The van der Waals surface area contributed by atoms with Gasteiger partial charge >= 0.3 is 6.09 Å². The van der Waals surface area contributed by atoms with E-state index in [0.29, 0.717) is 9.52 Å². The SMILES string of the molecule is CN(C(=O)OCc1ccccc1)c1cnc(I)c(Cl)n1. The van der Waals surface area contributed by atoms with E-state index in [1.54, 1.807) is 7.05 Å². The third kappa shape index (κ3) is 3.80. The number of rotatable bonds is 3. The van der Waals surface area contributed by atoms with E-state index in [0.717, 1.165) is 5.56 Å². The lowest BCUT2D eigenvalue weighted by molar-refractivity contribution is 0.148. The van der Waals surface area contributed by atoms with Gasteiger partial charge in [-0.1, -0.05) is 41.9 Å². The number of nitrogens with zero attached hydrogens (tertiary/aromatic N) is 3. The van der Waals surface area contributed by atoms with Crippen LogP contribution in [0.1, 0.15) is 5.56 Å². The third-order valence-corrected chi connectivity index (χ3v) is 3.87. The fraction of sp³-hybridized carbons (Fsp3) is 0.154. The molecular weight excluding hydrogens is 393 g/mol. The zero-order valence-electron chi connectivity index (χ0n) is 10.6. The number of ether oxygens (including phenoxy) is 1. The Bertz CT molecular complexity index is 610. The van der Waals surface area contributed by atoms with Crippen LogP contribution < -0.4 is 4.90 Å². The minimum atomic E-state index is -0.513. The summed E-state index contributed by atoms with van der Waals surface area (Å²) in [6.07, 6.45) is 0.956. The van der Waals surface area contributed by atoms with Crippen molar-refractivity contribution in [2.75, 3.05) is 11.9 Å². The summed E-state index contributed by atoms with van der Waals surface area (Å²) < 4.78 is 5.77. The van der Waals surface area contributed by atoms with Gasteiger partial charge in [0.25, 0.3) is 0 Å². The molecule has 2 rings (SSSR count). The predicted octanol–water partition coefficient (Wildman–Crippen LogP) is 3.51. The van der Waals surface area contributed by atoms with E-state index in [1.165, 1.54) is 11.1 Å². The molecule has 104 valence electrons. The van der Waals surface area contributed by atoms with E-state index in [1.807, 2.05) is 52.9 Å². The first-order chi connectivity index (χ1) is 9.58. The molecule has 0 aliphatic heterocycles. The van der Waals surface area contributed by atoms with Gasteiger partial charge in [0.15, 0.2) is 11.0 Å². The van der Waals surface area contributed by atoms with Crippen molar-refractivity contribution in [3.63, 3.8) is 0 Å². The monoisotopic (exact) mass is 403 g/mol. The summed E-state index contributed by atoms with van der Waals surface area (Å²) in [5, 5.41) is 0.255. The van der Waals surface area contributed by atoms with Crippen LogP contribution in [0.3, 0.4) is 0 Å². The van der Waals surface area contributed by atoms with Crippen LogP contribution in [-0.2, 0) is 11.3 Å². The lowest BCUT2D eigenvalue weighted by Crippen LogP contribution is -2.28. The molecule has 0 N–H and O–H groups in total. The molecule has 0 spiro atoms. The molecule has 0 aliphatic rings. The second-order valence-corrected chi connectivity index (χ2v) is 5.29. The van der Waals surface area contributed by atoms with Crippen LogP contribution in [0.5, 0.6) is 0 Å². The first-order valence-electron chi connectivity index (χ1n) is 5.70. The highest BCUT2D eigenvalue weighted by molar-refractivity contribution is 14.1. The van der Waals surface area contributed by atoms with Gasteiger partial charge in [-0.15, -0.1) is 0 Å². The number of hydrogen-bond acceptors (Lipinski definition) is 4. The first kappa shape index (κ1) is 15.0. The number of amides is 1. The van der Waals surface area contributed by atoms with Gasteiger partial charge in [-0.3, -0.25) is 4.90 Å². The van der Waals surface area contributed by atoms with Crippen molar-refractivity contribution in [1.82, 2.24) is 9.97 Å². The largest absolute Gasteiger partial charge is 0.444 e. The van der Waals surface area contributed by atoms with Gasteiger partial charge in [0, 0.05) is 7.05 Å². The van der Waals surface area contributed by atoms with Gasteiger partial charge in [-0.25, -0.2) is 14.8 Å². The van der Waals surface area contributed by atoms with Crippen LogP contribution in [0.25, 0.3) is 0 Å². The third-order valence-electron chi connectivity index (χ3n) is 2.50. The Morgan fingerprint density at radius 3 is 2.75 bits per heavy atom. The van der Waals surface area contributed by atoms with Crippen LogP contribution in [0.15, 0.2) is 36.5 Å². The summed E-state index contributed by atoms with van der Waals surface area (Å²) in [5.74, 6) is 0.341. The van der Waals surface area contributed by atoms with Crippen molar-refractivity contribution in [3.05, 3.63) is 50.9 Å². The molecule has 20 heavy (non-hydrogen) atoms. The van der Waals surface area contributed by atoms with E-state index >= 15 is 0 Å². The highest BCUT2D eigenvalue weighted by atomic mass is 127. The number of aromatic nitrogens is 2. The van der Waals surface area contributed by atoms with Crippen LogP contribution in [-0.4, -0.2) is 23.1 Å². The quantitative estimate of drug-likeness (QED) is 0.736. The zero-order valence-corrected chi connectivity index (χ0v) is 13.5. The molecule has 1 aromatic carbocycles. The molecule has 0 fully saturated rings. The normalized spacial score (nSPS) is 10.2. The molecule has 0 saturated carbocycles. The summed E-state index contributed by atoms with van der Waals surface area (Å²) in [6.45, 7) is 0.204. The summed E-state index contributed by atoms with van der Waals surface area (Å²) in [5.41, 5.74) is 0.918. The Morgan fingerprint density at radius 2 is 2.10 bits per heavy atom. The average molecular weight is 404 g/mol. The van der Waals surface area contributed by atoms with Crippen molar-refractivity contribution < 1.29 is 9.53 Å². The molecular formula is C13H11ClIN3O2. The number of anilines is 1. The Kier molecular flexibility index (Phi) is 5.13. The van der Waals surface area contributed by atoms with E-state index in [-0.39, 0.29) is 11.8 Å². The smallest absolute Gasteiger partial charge is 0.415 e. The van der Waals surface area contributed by atoms with E-state index < -0.39 is 6.09 Å². The fourth-order valence-electron chi connectivity index (χ4n) is 1.41. The molecule has 1 heterocycles. The standard InChI is InChI=1S/C13H11ClIN3O2/c1-18(10-7-16-12(15)11(14)17-10)13(19)20-8-9-5-3-2-4-6-9/h2-7H,8H2,1H3. The lowest BCUT2D eigenvalue weighted by Gasteiger charge is -2.16. The number of hydrogen-bond donors (Lipinski definition) is 0. The molecule has 0 atom stereocenters. The van der Waals surface area contributed by atoms with E-state index in [9.17, 15) is 4.79 Å². The zero-order chi connectivity index (χ0) is 14.5. The highest BCUT2D eigenvalue weighted by Gasteiger charge is 2.15. The number of carbonyl (C=O) groups excluding carboxylic acids is 1. The summed E-state index contributed by atoms with van der Waals surface area (Å²) in [7, 11) is 1.56. The van der Waals surface area contributed by atoms with Crippen LogP contribution in [0.4, 0.5) is 10.6 Å². The molecule has 1 aromatic heterocycles. The van der Waals surface area contributed by atoms with E-state index in [2.05, 4.69) is 9.97 Å². The number of carbonyl (C=O) groups is 1. The molecule has 0 bridgehead atoms. The molecule has 2 aromatic rings. The Morgan fingerprint density at radius 1 is 1.40 bits per heavy atom. The highest BCUT2D eigenvalue weighted by Crippen LogP contribution is 2.18. The second kappa shape index (κ2) is 6.85. The molecule has 0 saturated heterocycles. The Hall–Kier alpha value is -1.41. The van der Waals surface area contributed by atoms with Crippen molar-refractivity contribution in [3.8, 4) is 0 Å². The topological polar surface area (TPSA) is 55.3 Å². The maximum Gasteiger partial charge on any atom is 0.415 e. The van der Waals surface area contributed by atoms with Crippen LogP contribution in [0.2, 0.25) is 5.15 Å². The maximum atomic E-state index is 11.9. The molecule has 5 nitrogen and oxygen atoms in total. The number of halogens is 2. The second-order valence-electron chi connectivity index (χ2n) is 3.91. The van der Waals surface area contributed by atoms with Gasteiger partial charge in [0.1, 0.15) is 10.3 Å². The summed E-state index contributed by atoms with van der Waals surface area (Å²) in [4.78, 5) is 21.3. The summed E-state index contributed by atoms with van der Waals surface area (Å²) >= 11 is 7.84. The minimum absolute atomic E-state index is 0.204. The number of benzene rings is 1. The van der Waals surface area contributed by atoms with Crippen LogP contribution in [0, 0.1) is 3.70 Å². The first-order valence-corrected chi connectivity index (χ1v) is 7.16. The fourth-order valence-corrected chi connectivity index (χ4v) is 1.81. The Labute approximate surface area is 135 Å². The molecule has 0 aliphatic carbocycles.